The molecule has 2 aliphatic heterocycles. The van der Waals surface area contributed by atoms with Gasteiger partial charge < -0.3 is 15.4 Å². The van der Waals surface area contributed by atoms with Gasteiger partial charge in [-0.15, -0.1) is 0 Å². The molecule has 0 saturated carbocycles. The number of fused-ring (bicyclic) bond motifs is 2. The maximum absolute atomic E-state index is 13.0. The normalized spacial score (nSPS) is 23.5. The van der Waals surface area contributed by atoms with Crippen molar-refractivity contribution in [3.05, 3.63) is 59.2 Å². The molecule has 3 N–H and O–H groups in total. The van der Waals surface area contributed by atoms with Crippen molar-refractivity contribution < 1.29 is 22.7 Å². The van der Waals surface area contributed by atoms with Gasteiger partial charge in [0, 0.05) is 37.1 Å². The van der Waals surface area contributed by atoms with Gasteiger partial charge >= 0.3 is 6.18 Å². The molecule has 9 heteroatoms. The number of hydrogen-bond donors (Lipinski definition) is 3. The summed E-state index contributed by atoms with van der Waals surface area (Å²) in [6.07, 6.45) is -2.10. The van der Waals surface area contributed by atoms with E-state index in [1.54, 1.807) is 4.90 Å². The van der Waals surface area contributed by atoms with Gasteiger partial charge in [0.15, 0.2) is 5.96 Å². The van der Waals surface area contributed by atoms with Crippen molar-refractivity contribution in [1.82, 2.24) is 10.2 Å². The van der Waals surface area contributed by atoms with Crippen molar-refractivity contribution in [2.75, 3.05) is 18.5 Å². The number of benzene rings is 2. The lowest BCUT2D eigenvalue weighted by Crippen LogP contribution is -2.66. The average Bonchev–Trinajstić information content (AvgIpc) is 2.74. The van der Waals surface area contributed by atoms with Gasteiger partial charge in [0.2, 0.25) is 5.91 Å². The second-order valence-corrected chi connectivity index (χ2v) is 8.55. The van der Waals surface area contributed by atoms with E-state index in [0.717, 1.165) is 41.8 Å². The van der Waals surface area contributed by atoms with Crippen LogP contribution in [0.2, 0.25) is 0 Å². The number of ether oxygens (including phenoxy) is 1. The monoisotopic (exact) mass is 444 g/mol. The number of alkyl halides is 3. The van der Waals surface area contributed by atoms with Crippen molar-refractivity contribution in [2.24, 2.45) is 0 Å². The summed E-state index contributed by atoms with van der Waals surface area (Å²) in [5.41, 5.74) is 1.99. The summed E-state index contributed by atoms with van der Waals surface area (Å²) in [6.45, 7) is 1.18. The molecular weight excluding hydrogens is 421 g/mol. The van der Waals surface area contributed by atoms with Crippen LogP contribution >= 0.6 is 0 Å². The molecule has 1 spiro atoms. The lowest BCUT2D eigenvalue weighted by atomic mass is 9.67. The Hall–Kier alpha value is -3.07. The van der Waals surface area contributed by atoms with Crippen LogP contribution in [0.1, 0.15) is 36.0 Å². The van der Waals surface area contributed by atoms with Crippen LogP contribution in [0.4, 0.5) is 24.5 Å². The molecule has 1 atom stereocenters. The number of nitrogens with zero attached hydrogens (tertiary/aromatic N) is 1. The van der Waals surface area contributed by atoms with Crippen LogP contribution in [0, 0.1) is 5.41 Å². The van der Waals surface area contributed by atoms with Gasteiger partial charge in [-0.1, -0.05) is 12.1 Å². The van der Waals surface area contributed by atoms with E-state index < -0.39 is 17.3 Å². The van der Waals surface area contributed by atoms with Crippen molar-refractivity contribution >= 4 is 23.2 Å². The zero-order valence-corrected chi connectivity index (χ0v) is 17.3. The quantitative estimate of drug-likeness (QED) is 0.665. The van der Waals surface area contributed by atoms with E-state index in [1.807, 2.05) is 18.2 Å². The van der Waals surface area contributed by atoms with Crippen LogP contribution in [0.3, 0.4) is 0 Å². The van der Waals surface area contributed by atoms with Crippen LogP contribution in [-0.2, 0) is 27.7 Å². The third-order valence-corrected chi connectivity index (χ3v) is 6.54. The highest BCUT2D eigenvalue weighted by Crippen LogP contribution is 2.47. The zero-order chi connectivity index (χ0) is 22.5. The van der Waals surface area contributed by atoms with Gasteiger partial charge in [-0.2, -0.15) is 13.2 Å². The Balaban J connectivity index is 1.34. The number of anilines is 2. The fraction of sp³-hybridized carbons (Fsp3) is 0.391. The molecule has 3 aliphatic rings. The minimum Gasteiger partial charge on any atom is -0.381 e. The summed E-state index contributed by atoms with van der Waals surface area (Å²) in [4.78, 5) is 14.6. The average molecular weight is 444 g/mol. The maximum Gasteiger partial charge on any atom is 0.416 e. The third kappa shape index (κ3) is 3.50. The second-order valence-electron chi connectivity index (χ2n) is 8.55. The highest BCUT2D eigenvalue weighted by Gasteiger charge is 2.51. The van der Waals surface area contributed by atoms with Gasteiger partial charge in [-0.25, -0.2) is 0 Å². The number of hydrogen-bond acceptors (Lipinski definition) is 4. The highest BCUT2D eigenvalue weighted by atomic mass is 19.4. The molecule has 0 aromatic heterocycles. The summed E-state index contributed by atoms with van der Waals surface area (Å²) in [6, 6.07) is 10.6. The van der Waals surface area contributed by atoms with Crippen LogP contribution in [0.25, 0.3) is 0 Å². The molecule has 5 rings (SSSR count). The minimum absolute atomic E-state index is 0.0131. The predicted molar refractivity (Wildman–Crippen MR) is 113 cm³/mol. The smallest absolute Gasteiger partial charge is 0.381 e. The Kier molecular flexibility index (Phi) is 4.88. The number of rotatable bonds is 3. The third-order valence-electron chi connectivity index (χ3n) is 6.54. The molecule has 2 aromatic rings. The first-order chi connectivity index (χ1) is 15.3. The molecule has 1 amide bonds. The minimum atomic E-state index is -4.37. The summed E-state index contributed by atoms with van der Waals surface area (Å²) < 4.78 is 43.8. The molecule has 6 nitrogen and oxygen atoms in total. The SMILES string of the molecule is N=C1N[C@]2(CC(=O)N1C1CCOCC1)Cc1c(Nc3ccc(C(F)(F)F)cc3)cccc12. The van der Waals surface area contributed by atoms with Gasteiger partial charge in [0.05, 0.1) is 17.5 Å². The molecule has 2 heterocycles. The Bertz CT molecular complexity index is 1040. The predicted octanol–water partition coefficient (Wildman–Crippen LogP) is 4.14. The Morgan fingerprint density at radius 2 is 1.81 bits per heavy atom. The van der Waals surface area contributed by atoms with E-state index in [9.17, 15) is 18.0 Å². The van der Waals surface area contributed by atoms with Crippen molar-refractivity contribution in [1.29, 1.82) is 5.41 Å². The number of carbonyl (C=O) groups is 1. The molecule has 2 fully saturated rings. The highest BCUT2D eigenvalue weighted by molar-refractivity contribution is 6.00. The number of halogens is 3. The standard InChI is InChI=1S/C23H23F3N4O2/c24-23(25,26)14-4-6-15(7-5-14)28-19-3-1-2-18-17(19)12-22(18)13-20(31)30(21(27)29-22)16-8-10-32-11-9-16/h1-7,16,28H,8-13H2,(H2,27,29)/t22-/m0/s1. The van der Waals surface area contributed by atoms with E-state index >= 15 is 0 Å². The number of guanidine groups is 1. The second kappa shape index (κ2) is 7.51. The van der Waals surface area contributed by atoms with Gasteiger partial charge in [-0.05, 0) is 54.3 Å². The first-order valence-electron chi connectivity index (χ1n) is 10.6. The van der Waals surface area contributed by atoms with Crippen molar-refractivity contribution in [2.45, 2.75) is 43.4 Å². The topological polar surface area (TPSA) is 77.5 Å². The van der Waals surface area contributed by atoms with E-state index in [2.05, 4.69) is 10.6 Å². The Morgan fingerprint density at radius 1 is 1.09 bits per heavy atom. The summed E-state index contributed by atoms with van der Waals surface area (Å²) >= 11 is 0. The molecule has 168 valence electrons. The lowest BCUT2D eigenvalue weighted by molar-refractivity contribution is -0.137. The largest absolute Gasteiger partial charge is 0.416 e. The van der Waals surface area contributed by atoms with Gasteiger partial charge in [-0.3, -0.25) is 15.1 Å². The van der Waals surface area contributed by atoms with E-state index in [4.69, 9.17) is 10.1 Å². The zero-order valence-electron chi connectivity index (χ0n) is 17.3. The molecular formula is C23H23F3N4O2. The van der Waals surface area contributed by atoms with E-state index in [0.29, 0.717) is 25.3 Å². The first-order valence-corrected chi connectivity index (χ1v) is 10.6. The van der Waals surface area contributed by atoms with Gasteiger partial charge in [0.25, 0.3) is 0 Å². The van der Waals surface area contributed by atoms with Crippen LogP contribution in [0.5, 0.6) is 0 Å². The molecule has 0 unspecified atom stereocenters. The number of nitrogens with one attached hydrogen (secondary N) is 3. The molecule has 0 bridgehead atoms. The van der Waals surface area contributed by atoms with Gasteiger partial charge in [0.1, 0.15) is 0 Å². The Labute approximate surface area is 183 Å². The maximum atomic E-state index is 13.0. The van der Waals surface area contributed by atoms with Crippen LogP contribution in [-0.4, -0.2) is 36.0 Å². The van der Waals surface area contributed by atoms with Crippen molar-refractivity contribution in [3.63, 3.8) is 0 Å². The first kappa shape index (κ1) is 20.8. The summed E-state index contributed by atoms with van der Waals surface area (Å²) in [7, 11) is 0. The van der Waals surface area contributed by atoms with Crippen LogP contribution < -0.4 is 10.6 Å². The molecule has 1 aliphatic carbocycles. The molecule has 32 heavy (non-hydrogen) atoms. The van der Waals surface area contributed by atoms with E-state index in [1.165, 1.54) is 12.1 Å². The molecule has 2 saturated heterocycles. The Morgan fingerprint density at radius 3 is 2.47 bits per heavy atom. The number of amides is 1. The summed E-state index contributed by atoms with van der Waals surface area (Å²) in [5, 5.41) is 15.0. The number of carbonyl (C=O) groups excluding carboxylic acids is 1. The fourth-order valence-electron chi connectivity index (χ4n) is 4.93. The molecule has 0 radical (unpaired) electrons. The van der Waals surface area contributed by atoms with Crippen LogP contribution in [0.15, 0.2) is 42.5 Å². The van der Waals surface area contributed by atoms with Crippen molar-refractivity contribution in [3.8, 4) is 0 Å². The fourth-order valence-corrected chi connectivity index (χ4v) is 4.93. The lowest BCUT2D eigenvalue weighted by Gasteiger charge is -2.51. The summed E-state index contributed by atoms with van der Waals surface area (Å²) in [5.74, 6) is 0.0623. The molecule has 2 aromatic carbocycles. The van der Waals surface area contributed by atoms with E-state index in [-0.39, 0.29) is 24.3 Å².